The van der Waals surface area contributed by atoms with Crippen molar-refractivity contribution in [1.82, 2.24) is 0 Å². The van der Waals surface area contributed by atoms with Crippen LogP contribution in [-0.2, 0) is 0 Å². The zero-order valence-electron chi connectivity index (χ0n) is 5.66. The minimum atomic E-state index is 1.61. The van der Waals surface area contributed by atoms with Crippen LogP contribution in [0.5, 0.6) is 0 Å². The van der Waals surface area contributed by atoms with Gasteiger partial charge in [-0.25, -0.2) is 0 Å². The molecule has 0 rings (SSSR count). The second-order valence-electron chi connectivity index (χ2n) is 0. The van der Waals surface area contributed by atoms with E-state index in [1.54, 1.807) is 85.0 Å². The molecule has 4 heteroatoms. The predicted octanol–water partition coefficient (Wildman–Crippen LogP) is -1.65. The number of hydrogen-bond donors (Lipinski definition) is 0. The average molecular weight is 153 g/mol. The summed E-state index contributed by atoms with van der Waals surface area (Å²) in [6, 6.07) is 0. The molecule has 0 aromatic rings. The van der Waals surface area contributed by atoms with Crippen molar-refractivity contribution in [3.63, 3.8) is 0 Å². The first-order chi connectivity index (χ1) is 4.00. The van der Waals surface area contributed by atoms with Crippen molar-refractivity contribution >= 4 is 104 Å². The monoisotopic (exact) mass is 152 g/mol. The summed E-state index contributed by atoms with van der Waals surface area (Å²) in [5, 5.41) is 0. The molecule has 0 fully saturated rings. The van der Waals surface area contributed by atoms with Gasteiger partial charge in [-0.1, -0.05) is 0 Å². The molecule has 0 aromatic heterocycles. The van der Waals surface area contributed by atoms with Gasteiger partial charge in [-0.2, -0.15) is 0 Å². The van der Waals surface area contributed by atoms with Crippen LogP contribution in [0, 0.1) is 0 Å². The molecule has 0 bridgehead atoms. The Morgan fingerprint density at radius 1 is 0.375 bits per heavy atom. The molecule has 0 saturated heterocycles. The molecule has 0 aliphatic heterocycles. The average Bonchev–Trinajstić information content (AvgIpc) is 2.03. The van der Waals surface area contributed by atoms with Crippen molar-refractivity contribution in [3.8, 4) is 0 Å². The molecule has 0 atom stereocenters. The molecule has 0 radical (unpaired) electrons. The molecular formula is C4H8Mg4. The fraction of sp³-hybridized carbons (Fsp3) is 0. The molecule has 0 spiro atoms. The van der Waals surface area contributed by atoms with E-state index in [0.717, 1.165) is 0 Å². The third kappa shape index (κ3) is 75.1. The van der Waals surface area contributed by atoms with Crippen LogP contribution >= 0.6 is 0 Å². The van der Waals surface area contributed by atoms with Gasteiger partial charge in [-0.15, -0.1) is 0 Å². The van der Waals surface area contributed by atoms with E-state index in [9.17, 15) is 0 Å². The Hall–Kier alpha value is 2.54. The Morgan fingerprint density at radius 2 is 0.375 bits per heavy atom. The van der Waals surface area contributed by atoms with Crippen molar-refractivity contribution in [3.05, 3.63) is 0 Å². The molecule has 8 heavy (non-hydrogen) atoms. The Balaban J connectivity index is -0.0000000133. The van der Waals surface area contributed by atoms with Crippen LogP contribution in [0.1, 0.15) is 0 Å². The molecule has 0 saturated carbocycles. The zero-order valence-corrected chi connectivity index (χ0v) is 11.3. The van der Waals surface area contributed by atoms with Crippen molar-refractivity contribution < 1.29 is 0 Å². The van der Waals surface area contributed by atoms with Gasteiger partial charge in [0.15, 0.2) is 0 Å². The summed E-state index contributed by atoms with van der Waals surface area (Å²) >= 11 is 6.44. The van der Waals surface area contributed by atoms with Gasteiger partial charge in [0.05, 0.1) is 0 Å². The number of rotatable bonds is 0. The third-order valence-corrected chi connectivity index (χ3v) is 0. The van der Waals surface area contributed by atoms with E-state index in [1.807, 2.05) is 0 Å². The van der Waals surface area contributed by atoms with E-state index in [2.05, 4.69) is 18.6 Å². The van der Waals surface area contributed by atoms with Gasteiger partial charge in [-0.05, 0) is 0 Å². The van der Waals surface area contributed by atoms with Crippen LogP contribution in [0.25, 0.3) is 0 Å². The summed E-state index contributed by atoms with van der Waals surface area (Å²) in [6.07, 6.45) is 0. The molecule has 0 aliphatic carbocycles. The van der Waals surface area contributed by atoms with E-state index < -0.39 is 0 Å². The van der Waals surface area contributed by atoms with Crippen molar-refractivity contribution in [2.24, 2.45) is 0 Å². The predicted molar refractivity (Wildman–Crippen MR) is 51.5 cm³/mol. The molecule has 0 N–H and O–H groups in total. The van der Waals surface area contributed by atoms with Gasteiger partial charge in [-0.3, -0.25) is 0 Å². The van der Waals surface area contributed by atoms with E-state index in [1.165, 1.54) is 0 Å². The SMILES string of the molecule is [CH2]=[Mg].[CH2]=[Mg].[CH2]=[Mg].[CH2]=[Mg]. The Kier molecular flexibility index (Phi) is 302. The summed E-state index contributed by atoms with van der Waals surface area (Å²) in [7, 11) is 0. The van der Waals surface area contributed by atoms with Crippen molar-refractivity contribution in [2.45, 2.75) is 0 Å². The summed E-state index contributed by atoms with van der Waals surface area (Å²) in [5.74, 6) is 0. The molecule has 0 aliphatic rings. The standard InChI is InChI=1S/4CH2.4Mg/h4*1H2;;;;. The fourth-order valence-electron chi connectivity index (χ4n) is 0. The van der Waals surface area contributed by atoms with E-state index in [-0.39, 0.29) is 0 Å². The second kappa shape index (κ2) is 108. The molecule has 0 aromatic carbocycles. The Morgan fingerprint density at radius 3 is 0.375 bits per heavy atom. The second-order valence-corrected chi connectivity index (χ2v) is 0. The summed E-state index contributed by atoms with van der Waals surface area (Å²) in [6.45, 7) is 0. The molecule has 0 amide bonds. The van der Waals surface area contributed by atoms with E-state index in [0.29, 0.717) is 0 Å². The first-order valence-electron chi connectivity index (χ1n) is 2.00. The van der Waals surface area contributed by atoms with Crippen LogP contribution in [0.3, 0.4) is 0 Å². The molecular weight excluding hydrogens is 145 g/mol. The van der Waals surface area contributed by atoms with Crippen LogP contribution in [-0.4, -0.2) is 104 Å². The zero-order chi connectivity index (χ0) is 8.00. The summed E-state index contributed by atoms with van der Waals surface area (Å²) < 4.78 is 13.1. The van der Waals surface area contributed by atoms with Gasteiger partial charge in [0.25, 0.3) is 0 Å². The van der Waals surface area contributed by atoms with E-state index >= 15 is 0 Å². The normalized spacial score (nSPS) is 3.00. The maximum absolute atomic E-state index is 3.28. The summed E-state index contributed by atoms with van der Waals surface area (Å²) in [4.78, 5) is 0. The molecule has 0 nitrogen and oxygen atoms in total. The first-order valence-corrected chi connectivity index (χ1v) is 6.00. The Labute approximate surface area is 102 Å². The Bertz CT molecular complexity index is 16.0. The number of hydrogen-bond acceptors (Lipinski definition) is 0. The minimum absolute atomic E-state index is 1.61. The van der Waals surface area contributed by atoms with Crippen LogP contribution < -0.4 is 0 Å². The van der Waals surface area contributed by atoms with Crippen molar-refractivity contribution in [2.75, 3.05) is 0 Å². The molecule has 0 unspecified atom stereocenters. The third-order valence-electron chi connectivity index (χ3n) is 0. The summed E-state index contributed by atoms with van der Waals surface area (Å²) in [5.41, 5.74) is 0. The fourth-order valence-corrected chi connectivity index (χ4v) is 0. The van der Waals surface area contributed by atoms with Gasteiger partial charge < -0.3 is 0 Å². The van der Waals surface area contributed by atoms with Gasteiger partial charge in [0.2, 0.25) is 0 Å². The van der Waals surface area contributed by atoms with Crippen LogP contribution in [0.2, 0.25) is 0 Å². The van der Waals surface area contributed by atoms with Gasteiger partial charge >= 0.3 is 104 Å². The van der Waals surface area contributed by atoms with Gasteiger partial charge in [0, 0.05) is 0 Å². The maximum atomic E-state index is 3.28. The van der Waals surface area contributed by atoms with Crippen molar-refractivity contribution in [1.29, 1.82) is 0 Å². The van der Waals surface area contributed by atoms with Gasteiger partial charge in [0.1, 0.15) is 0 Å². The quantitative estimate of drug-likeness (QED) is 0.366. The first kappa shape index (κ1) is 22.4. The topological polar surface area (TPSA) is 0 Å². The molecule has 0 heterocycles. The van der Waals surface area contributed by atoms with Crippen LogP contribution in [0.15, 0.2) is 0 Å². The van der Waals surface area contributed by atoms with Crippen LogP contribution in [0.4, 0.5) is 0 Å². The van der Waals surface area contributed by atoms with E-state index in [4.69, 9.17) is 0 Å². The molecule has 32 valence electrons.